The topological polar surface area (TPSA) is 54.0 Å². The van der Waals surface area contributed by atoms with Crippen molar-refractivity contribution in [1.82, 2.24) is 0 Å². The van der Waals surface area contributed by atoms with Gasteiger partial charge in [0, 0.05) is 0 Å². The van der Waals surface area contributed by atoms with E-state index in [2.05, 4.69) is 0 Å². The Labute approximate surface area is 123 Å². The maximum atomic E-state index is 11.6. The Bertz CT molecular complexity index is 358. The molecule has 0 fully saturated rings. The molecule has 0 aromatic heterocycles. The first-order chi connectivity index (χ1) is 9.84. The van der Waals surface area contributed by atoms with Crippen molar-refractivity contribution in [3.8, 4) is 0 Å². The molecule has 0 spiro atoms. The largest absolute Gasteiger partial charge is 0.460 e. The molecule has 0 aliphatic rings. The van der Waals surface area contributed by atoms with Crippen LogP contribution in [0.25, 0.3) is 0 Å². The van der Waals surface area contributed by atoms with Crippen molar-refractivity contribution in [2.75, 3.05) is 45.7 Å². The first-order valence-electron chi connectivity index (χ1n) is 6.36. The van der Waals surface area contributed by atoms with E-state index in [0.717, 1.165) is 0 Å². The molecule has 6 heteroatoms. The lowest BCUT2D eigenvalue weighted by molar-refractivity contribution is 0.00441. The summed E-state index contributed by atoms with van der Waals surface area (Å²) in [4.78, 5) is 11.6. The summed E-state index contributed by atoms with van der Waals surface area (Å²) in [6, 6.07) is 9.02. The second-order valence-corrected chi connectivity index (χ2v) is 3.96. The quantitative estimate of drug-likeness (QED) is 0.356. The minimum Gasteiger partial charge on any atom is -0.460 e. The second-order valence-electron chi connectivity index (χ2n) is 3.74. The van der Waals surface area contributed by atoms with Gasteiger partial charge < -0.3 is 18.9 Å². The van der Waals surface area contributed by atoms with Crippen LogP contribution in [-0.4, -0.2) is 51.7 Å². The van der Waals surface area contributed by atoms with E-state index in [9.17, 15) is 4.79 Å². The maximum absolute atomic E-state index is 11.6. The number of hydrogen-bond donors (Lipinski definition) is 0. The number of ether oxygens (including phenoxy) is 4. The highest BCUT2D eigenvalue weighted by atomic mass is 35.5. The number of esters is 1. The highest BCUT2D eigenvalue weighted by Gasteiger charge is 2.04. The molecular formula is C14H19ClO5. The van der Waals surface area contributed by atoms with Crippen LogP contribution in [0.5, 0.6) is 0 Å². The zero-order valence-electron chi connectivity index (χ0n) is 11.3. The first kappa shape index (κ1) is 16.9. The Hall–Kier alpha value is -1.14. The van der Waals surface area contributed by atoms with Gasteiger partial charge in [-0.05, 0) is 12.1 Å². The van der Waals surface area contributed by atoms with E-state index in [1.165, 1.54) is 0 Å². The molecule has 0 radical (unpaired) electrons. The Balaban J connectivity index is 1.91. The molecular weight excluding hydrogens is 284 g/mol. The minimum atomic E-state index is -0.344. The lowest BCUT2D eigenvalue weighted by Gasteiger charge is -2.07. The zero-order chi connectivity index (χ0) is 14.5. The van der Waals surface area contributed by atoms with Crippen molar-refractivity contribution in [2.24, 2.45) is 0 Å². The monoisotopic (exact) mass is 302 g/mol. The summed E-state index contributed by atoms with van der Waals surface area (Å²) in [5.74, 6) is -0.344. The van der Waals surface area contributed by atoms with E-state index < -0.39 is 0 Å². The molecule has 0 aliphatic heterocycles. The van der Waals surface area contributed by atoms with Crippen LogP contribution in [0.3, 0.4) is 0 Å². The predicted octanol–water partition coefficient (Wildman–Crippen LogP) is 2.09. The van der Waals surface area contributed by atoms with E-state index in [1.807, 2.05) is 6.07 Å². The molecule has 0 amide bonds. The molecule has 0 atom stereocenters. The molecule has 1 aromatic carbocycles. The van der Waals surface area contributed by atoms with Gasteiger partial charge in [0.05, 0.1) is 38.6 Å². The molecule has 0 heterocycles. The lowest BCUT2D eigenvalue weighted by Crippen LogP contribution is -2.14. The van der Waals surface area contributed by atoms with Gasteiger partial charge in [-0.1, -0.05) is 29.8 Å². The third kappa shape index (κ3) is 8.12. The minimum absolute atomic E-state index is 0.173. The molecule has 1 rings (SSSR count). The number of carbonyl (C=O) groups is 1. The van der Waals surface area contributed by atoms with Crippen LogP contribution in [0.15, 0.2) is 30.3 Å². The number of benzene rings is 1. The van der Waals surface area contributed by atoms with Crippen molar-refractivity contribution >= 4 is 17.6 Å². The van der Waals surface area contributed by atoms with Gasteiger partial charge in [0.2, 0.25) is 0 Å². The summed E-state index contributed by atoms with van der Waals surface area (Å²) in [5, 5.41) is 0. The van der Waals surface area contributed by atoms with Crippen molar-refractivity contribution in [3.63, 3.8) is 0 Å². The van der Waals surface area contributed by atoms with Gasteiger partial charge in [-0.25, -0.2) is 4.79 Å². The summed E-state index contributed by atoms with van der Waals surface area (Å²) in [7, 11) is 0. The second kappa shape index (κ2) is 11.7. The number of hydrogen-bond acceptors (Lipinski definition) is 5. The SMILES string of the molecule is O=C(OCCOCCOCCOCCl)c1ccccc1. The van der Waals surface area contributed by atoms with Gasteiger partial charge >= 0.3 is 5.97 Å². The van der Waals surface area contributed by atoms with Gasteiger partial charge in [0.15, 0.2) is 0 Å². The van der Waals surface area contributed by atoms with Crippen LogP contribution >= 0.6 is 11.6 Å². The normalized spacial score (nSPS) is 10.4. The van der Waals surface area contributed by atoms with Crippen LogP contribution in [0.1, 0.15) is 10.4 Å². The number of carbonyl (C=O) groups excluding carboxylic acids is 1. The summed E-state index contributed by atoms with van der Waals surface area (Å²) in [6.07, 6.45) is 0. The van der Waals surface area contributed by atoms with Gasteiger partial charge in [-0.15, -0.1) is 0 Å². The molecule has 0 saturated heterocycles. The third-order valence-corrected chi connectivity index (χ3v) is 2.45. The third-order valence-electron chi connectivity index (χ3n) is 2.29. The first-order valence-corrected chi connectivity index (χ1v) is 6.89. The Morgan fingerprint density at radius 2 is 1.40 bits per heavy atom. The van der Waals surface area contributed by atoms with E-state index in [0.29, 0.717) is 38.6 Å². The highest BCUT2D eigenvalue weighted by Crippen LogP contribution is 2.00. The summed E-state index contributed by atoms with van der Waals surface area (Å²) in [6.45, 7) is 2.45. The Kier molecular flexibility index (Phi) is 9.87. The molecule has 0 N–H and O–H groups in total. The highest BCUT2D eigenvalue weighted by molar-refractivity contribution is 6.17. The number of alkyl halides is 1. The number of rotatable bonds is 11. The summed E-state index contributed by atoms with van der Waals surface area (Å²) >= 11 is 5.32. The van der Waals surface area contributed by atoms with Crippen molar-refractivity contribution in [1.29, 1.82) is 0 Å². The fourth-order valence-corrected chi connectivity index (χ4v) is 1.45. The van der Waals surface area contributed by atoms with Crippen LogP contribution in [0.2, 0.25) is 0 Å². The Morgan fingerprint density at radius 1 is 0.850 bits per heavy atom. The summed E-state index contributed by atoms with van der Waals surface area (Å²) < 4.78 is 20.4. The average molecular weight is 303 g/mol. The number of halogens is 1. The van der Waals surface area contributed by atoms with Crippen LogP contribution in [0, 0.1) is 0 Å². The molecule has 1 aromatic rings. The van der Waals surface area contributed by atoms with Gasteiger partial charge in [-0.3, -0.25) is 0 Å². The van der Waals surface area contributed by atoms with Gasteiger partial charge in [0.25, 0.3) is 0 Å². The maximum Gasteiger partial charge on any atom is 0.338 e. The van der Waals surface area contributed by atoms with Crippen LogP contribution < -0.4 is 0 Å². The fraction of sp³-hybridized carbons (Fsp3) is 0.500. The molecule has 0 saturated carbocycles. The van der Waals surface area contributed by atoms with Gasteiger partial charge in [0.1, 0.15) is 12.7 Å². The van der Waals surface area contributed by atoms with E-state index in [-0.39, 0.29) is 18.6 Å². The molecule has 20 heavy (non-hydrogen) atoms. The van der Waals surface area contributed by atoms with Crippen molar-refractivity contribution < 1.29 is 23.7 Å². The molecule has 5 nitrogen and oxygen atoms in total. The molecule has 112 valence electrons. The Morgan fingerprint density at radius 3 is 2.00 bits per heavy atom. The van der Waals surface area contributed by atoms with E-state index in [4.69, 9.17) is 30.5 Å². The van der Waals surface area contributed by atoms with Crippen LogP contribution in [0.4, 0.5) is 0 Å². The average Bonchev–Trinajstić information content (AvgIpc) is 2.50. The zero-order valence-corrected chi connectivity index (χ0v) is 12.0. The smallest absolute Gasteiger partial charge is 0.338 e. The lowest BCUT2D eigenvalue weighted by atomic mass is 10.2. The van der Waals surface area contributed by atoms with Crippen molar-refractivity contribution in [2.45, 2.75) is 0 Å². The van der Waals surface area contributed by atoms with Gasteiger partial charge in [-0.2, -0.15) is 0 Å². The van der Waals surface area contributed by atoms with Crippen LogP contribution in [-0.2, 0) is 18.9 Å². The molecule has 0 aliphatic carbocycles. The molecule has 0 unspecified atom stereocenters. The summed E-state index contributed by atoms with van der Waals surface area (Å²) in [5.41, 5.74) is 0.537. The van der Waals surface area contributed by atoms with E-state index >= 15 is 0 Å². The van der Waals surface area contributed by atoms with Crippen molar-refractivity contribution in [3.05, 3.63) is 35.9 Å². The predicted molar refractivity (Wildman–Crippen MR) is 75.0 cm³/mol. The standard InChI is InChI=1S/C14H19ClO5/c15-12-19-9-8-17-6-7-18-10-11-20-14(16)13-4-2-1-3-5-13/h1-5H,6-12H2. The fourth-order valence-electron chi connectivity index (χ4n) is 1.35. The van der Waals surface area contributed by atoms with E-state index in [1.54, 1.807) is 24.3 Å². The molecule has 0 bridgehead atoms.